The van der Waals surface area contributed by atoms with E-state index in [1.54, 1.807) is 12.1 Å². The van der Waals surface area contributed by atoms with Gasteiger partial charge in [-0.1, -0.05) is 48.0 Å². The number of aromatic nitrogens is 2. The monoisotopic (exact) mass is 396 g/mol. The highest BCUT2D eigenvalue weighted by Crippen LogP contribution is 2.36. The number of aryl methyl sites for hydroxylation is 1. The largest absolute Gasteiger partial charge is 0.257 e. The minimum Gasteiger partial charge on any atom is -0.257 e. The summed E-state index contributed by atoms with van der Waals surface area (Å²) in [5.74, 6) is -0.256. The summed E-state index contributed by atoms with van der Waals surface area (Å²) in [5, 5.41) is 11.5. The summed E-state index contributed by atoms with van der Waals surface area (Å²) in [5.41, 5.74) is 6.25. The highest BCUT2D eigenvalue weighted by Gasteiger charge is 2.31. The van der Waals surface area contributed by atoms with Crippen LogP contribution in [0.5, 0.6) is 0 Å². The minimum atomic E-state index is -0.256. The summed E-state index contributed by atoms with van der Waals surface area (Å²) in [6.07, 6.45) is 4.70. The minimum absolute atomic E-state index is 0.00938. The van der Waals surface area contributed by atoms with Crippen molar-refractivity contribution >= 4 is 11.4 Å². The summed E-state index contributed by atoms with van der Waals surface area (Å²) >= 11 is 0. The lowest BCUT2D eigenvalue weighted by molar-refractivity contribution is 0.626. The molecular weight excluding hydrogens is 375 g/mol. The fourth-order valence-corrected chi connectivity index (χ4v) is 3.75. The second kappa shape index (κ2) is 7.59. The van der Waals surface area contributed by atoms with Crippen molar-refractivity contribution in [1.29, 1.82) is 0 Å². The maximum Gasteiger partial charge on any atom is 0.123 e. The van der Waals surface area contributed by atoms with Gasteiger partial charge in [-0.3, -0.25) is 5.01 Å². The van der Waals surface area contributed by atoms with Crippen LogP contribution in [0.1, 0.15) is 29.2 Å². The van der Waals surface area contributed by atoms with Crippen LogP contribution >= 0.6 is 0 Å². The maximum atomic E-state index is 13.5. The Morgan fingerprint density at radius 2 is 1.57 bits per heavy atom. The molecule has 5 rings (SSSR count). The highest BCUT2D eigenvalue weighted by molar-refractivity contribution is 6.03. The molecule has 0 bridgehead atoms. The Labute approximate surface area is 174 Å². The van der Waals surface area contributed by atoms with Crippen LogP contribution in [-0.2, 0) is 0 Å². The molecule has 5 heteroatoms. The van der Waals surface area contributed by atoms with E-state index in [0.717, 1.165) is 34.6 Å². The topological polar surface area (TPSA) is 33.4 Å². The van der Waals surface area contributed by atoms with E-state index >= 15 is 0 Å². The van der Waals surface area contributed by atoms with Crippen LogP contribution in [-0.4, -0.2) is 15.5 Å². The van der Waals surface area contributed by atoms with Crippen molar-refractivity contribution in [3.05, 3.63) is 114 Å². The average Bonchev–Trinajstić information content (AvgIpc) is 3.43. The summed E-state index contributed by atoms with van der Waals surface area (Å²) in [6, 6.07) is 24.9. The van der Waals surface area contributed by atoms with E-state index in [1.165, 1.54) is 17.7 Å². The number of hydrogen-bond acceptors (Lipinski definition) is 3. The second-order valence-electron chi connectivity index (χ2n) is 7.51. The van der Waals surface area contributed by atoms with Crippen molar-refractivity contribution < 1.29 is 4.39 Å². The van der Waals surface area contributed by atoms with Crippen LogP contribution in [0.25, 0.3) is 5.69 Å². The normalized spacial score (nSPS) is 16.0. The van der Waals surface area contributed by atoms with E-state index in [1.807, 2.05) is 34.1 Å². The summed E-state index contributed by atoms with van der Waals surface area (Å²) in [6.45, 7) is 2.07. The first-order valence-corrected chi connectivity index (χ1v) is 9.97. The molecule has 0 N–H and O–H groups in total. The fourth-order valence-electron chi connectivity index (χ4n) is 3.75. The molecule has 1 aliphatic rings. The first-order valence-electron chi connectivity index (χ1n) is 9.97. The van der Waals surface area contributed by atoms with E-state index in [0.29, 0.717) is 0 Å². The molecule has 2 heterocycles. The van der Waals surface area contributed by atoms with Crippen molar-refractivity contribution in [2.75, 3.05) is 5.01 Å². The molecule has 3 aromatic carbocycles. The summed E-state index contributed by atoms with van der Waals surface area (Å²) < 4.78 is 15.4. The Morgan fingerprint density at radius 3 is 2.30 bits per heavy atom. The molecule has 0 amide bonds. The van der Waals surface area contributed by atoms with Gasteiger partial charge in [0.15, 0.2) is 0 Å². The first kappa shape index (κ1) is 18.3. The Morgan fingerprint density at radius 1 is 0.867 bits per heavy atom. The van der Waals surface area contributed by atoms with Crippen LogP contribution in [0.3, 0.4) is 0 Å². The number of rotatable bonds is 4. The van der Waals surface area contributed by atoms with Crippen LogP contribution in [0, 0.1) is 12.7 Å². The van der Waals surface area contributed by atoms with Gasteiger partial charge in [0, 0.05) is 18.2 Å². The average molecular weight is 396 g/mol. The van der Waals surface area contributed by atoms with Crippen LogP contribution < -0.4 is 5.01 Å². The van der Waals surface area contributed by atoms with Crippen LogP contribution in [0.2, 0.25) is 0 Å². The predicted molar refractivity (Wildman–Crippen MR) is 118 cm³/mol. The smallest absolute Gasteiger partial charge is 0.123 e. The summed E-state index contributed by atoms with van der Waals surface area (Å²) in [7, 11) is 0. The maximum absolute atomic E-state index is 13.5. The van der Waals surface area contributed by atoms with Gasteiger partial charge in [0.25, 0.3) is 0 Å². The molecule has 1 atom stereocenters. The molecule has 0 saturated heterocycles. The molecule has 30 heavy (non-hydrogen) atoms. The molecule has 0 aliphatic carbocycles. The number of halogens is 1. The van der Waals surface area contributed by atoms with E-state index in [2.05, 4.69) is 54.6 Å². The highest BCUT2D eigenvalue weighted by atomic mass is 19.1. The third-order valence-electron chi connectivity index (χ3n) is 5.39. The molecule has 1 aromatic heterocycles. The quantitative estimate of drug-likeness (QED) is 0.445. The molecule has 4 aromatic rings. The zero-order valence-electron chi connectivity index (χ0n) is 16.6. The number of benzene rings is 3. The Bertz CT molecular complexity index is 1180. The van der Waals surface area contributed by atoms with E-state index in [4.69, 9.17) is 5.10 Å². The van der Waals surface area contributed by atoms with Gasteiger partial charge < -0.3 is 0 Å². The standard InChI is InChI=1S/C25H21FN4/c1-18-7-11-22(12-8-18)29-17-20(16-27-29)25-15-24(19-5-3-2-4-6-19)28-30(25)23-13-9-21(26)10-14-23/h2-14,16-17,25H,15H2,1H3. The lowest BCUT2D eigenvalue weighted by Gasteiger charge is -2.22. The zero-order valence-corrected chi connectivity index (χ0v) is 16.6. The van der Waals surface area contributed by atoms with Gasteiger partial charge in [0.05, 0.1) is 29.3 Å². The molecule has 0 saturated carbocycles. The van der Waals surface area contributed by atoms with Gasteiger partial charge in [0.1, 0.15) is 5.82 Å². The third kappa shape index (κ3) is 3.50. The molecule has 1 unspecified atom stereocenters. The Kier molecular flexibility index (Phi) is 4.64. The Hall–Kier alpha value is -3.73. The van der Waals surface area contributed by atoms with Gasteiger partial charge in [-0.2, -0.15) is 10.2 Å². The van der Waals surface area contributed by atoms with Crippen LogP contribution in [0.15, 0.2) is 96.4 Å². The lowest BCUT2D eigenvalue weighted by atomic mass is 10.0. The molecular formula is C25H21FN4. The van der Waals surface area contributed by atoms with E-state index in [-0.39, 0.29) is 11.9 Å². The molecule has 0 fully saturated rings. The number of hydrazone groups is 1. The molecule has 4 nitrogen and oxygen atoms in total. The van der Waals surface area contributed by atoms with Crippen LogP contribution in [0.4, 0.5) is 10.1 Å². The van der Waals surface area contributed by atoms with Crippen molar-refractivity contribution in [2.45, 2.75) is 19.4 Å². The predicted octanol–water partition coefficient (Wildman–Crippen LogP) is 5.68. The van der Waals surface area contributed by atoms with Gasteiger partial charge in [-0.05, 0) is 48.9 Å². The van der Waals surface area contributed by atoms with Crippen molar-refractivity contribution in [3.8, 4) is 5.69 Å². The SMILES string of the molecule is Cc1ccc(-n2cc(C3CC(c4ccccc4)=NN3c3ccc(F)cc3)cn2)cc1. The van der Waals surface area contributed by atoms with Gasteiger partial charge in [0.2, 0.25) is 0 Å². The van der Waals surface area contributed by atoms with Gasteiger partial charge in [-0.25, -0.2) is 9.07 Å². The molecule has 0 spiro atoms. The Balaban J connectivity index is 1.51. The van der Waals surface area contributed by atoms with Gasteiger partial charge >= 0.3 is 0 Å². The van der Waals surface area contributed by atoms with Crippen molar-refractivity contribution in [2.24, 2.45) is 5.10 Å². The number of nitrogens with zero attached hydrogens (tertiary/aromatic N) is 4. The third-order valence-corrected chi connectivity index (χ3v) is 5.39. The molecule has 148 valence electrons. The van der Waals surface area contributed by atoms with Crippen molar-refractivity contribution in [1.82, 2.24) is 9.78 Å². The zero-order chi connectivity index (χ0) is 20.5. The molecule has 0 radical (unpaired) electrons. The van der Waals surface area contributed by atoms with Gasteiger partial charge in [-0.15, -0.1) is 0 Å². The van der Waals surface area contributed by atoms with E-state index < -0.39 is 0 Å². The van der Waals surface area contributed by atoms with E-state index in [9.17, 15) is 4.39 Å². The molecule has 1 aliphatic heterocycles. The van der Waals surface area contributed by atoms with Crippen molar-refractivity contribution in [3.63, 3.8) is 0 Å². The fraction of sp³-hybridized carbons (Fsp3) is 0.120. The number of hydrogen-bond donors (Lipinski definition) is 0. The lowest BCUT2D eigenvalue weighted by Crippen LogP contribution is -2.18. The number of anilines is 1. The second-order valence-corrected chi connectivity index (χ2v) is 7.51. The first-order chi connectivity index (χ1) is 14.7. The summed E-state index contributed by atoms with van der Waals surface area (Å²) in [4.78, 5) is 0.